The van der Waals surface area contributed by atoms with E-state index in [0.29, 0.717) is 18.0 Å². The van der Waals surface area contributed by atoms with Gasteiger partial charge in [0.15, 0.2) is 0 Å². The number of nitrogens with one attached hydrogen (secondary N) is 3. The van der Waals surface area contributed by atoms with Crippen LogP contribution in [-0.4, -0.2) is 37.4 Å². The van der Waals surface area contributed by atoms with Gasteiger partial charge in [-0.15, -0.1) is 0 Å². The summed E-state index contributed by atoms with van der Waals surface area (Å²) in [5, 5.41) is 7.39. The van der Waals surface area contributed by atoms with Gasteiger partial charge in [0.25, 0.3) is 0 Å². The molecule has 1 aromatic rings. The maximum Gasteiger partial charge on any atom is 0.313 e. The van der Waals surface area contributed by atoms with Crippen LogP contribution in [0.15, 0.2) is 24.3 Å². The third kappa shape index (κ3) is 5.94. The average Bonchev–Trinajstić information content (AvgIpc) is 2.45. The third-order valence-electron chi connectivity index (χ3n) is 2.43. The lowest BCUT2D eigenvalue weighted by atomic mass is 10.3. The molecule has 3 N–H and O–H groups in total. The summed E-state index contributed by atoms with van der Waals surface area (Å²) >= 11 is 0. The predicted octanol–water partition coefficient (Wildman–Crippen LogP) is 0.276. The fourth-order valence-corrected chi connectivity index (χ4v) is 1.53. The van der Waals surface area contributed by atoms with Crippen molar-refractivity contribution >= 4 is 23.4 Å². The van der Waals surface area contributed by atoms with Crippen LogP contribution in [-0.2, 0) is 14.4 Å². The summed E-state index contributed by atoms with van der Waals surface area (Å²) in [4.78, 5) is 34.0. The van der Waals surface area contributed by atoms with Gasteiger partial charge in [-0.3, -0.25) is 14.4 Å². The molecule has 7 nitrogen and oxygen atoms in total. The summed E-state index contributed by atoms with van der Waals surface area (Å²) < 4.78 is 5.35. The molecule has 1 aromatic carbocycles. The second-order valence-corrected chi connectivity index (χ2v) is 4.12. The lowest BCUT2D eigenvalue weighted by Gasteiger charge is -2.11. The van der Waals surface area contributed by atoms with Crippen LogP contribution >= 0.6 is 0 Å². The molecule has 0 saturated heterocycles. The van der Waals surface area contributed by atoms with Crippen LogP contribution < -0.4 is 20.7 Å². The standard InChI is InChI=1S/C14H19N3O4/c1-3-21-12-7-5-4-6-11(12)17-14(20)13(19)16-9-8-15-10(2)18/h4-7H,3,8-9H2,1-2H3,(H,15,18)(H,16,19)(H,17,20). The van der Waals surface area contributed by atoms with Crippen LogP contribution in [0.4, 0.5) is 5.69 Å². The number of carbonyl (C=O) groups excluding carboxylic acids is 3. The Balaban J connectivity index is 2.49. The summed E-state index contributed by atoms with van der Waals surface area (Å²) in [7, 11) is 0. The van der Waals surface area contributed by atoms with Crippen molar-refractivity contribution in [3.63, 3.8) is 0 Å². The van der Waals surface area contributed by atoms with Crippen molar-refractivity contribution in [3.05, 3.63) is 24.3 Å². The van der Waals surface area contributed by atoms with E-state index in [4.69, 9.17) is 4.74 Å². The largest absolute Gasteiger partial charge is 0.492 e. The Kier molecular flexibility index (Phi) is 6.73. The molecule has 3 amide bonds. The van der Waals surface area contributed by atoms with Gasteiger partial charge in [0, 0.05) is 20.0 Å². The molecule has 0 aliphatic rings. The van der Waals surface area contributed by atoms with Crippen LogP contribution in [0.1, 0.15) is 13.8 Å². The quantitative estimate of drug-likeness (QED) is 0.518. The SMILES string of the molecule is CCOc1ccccc1NC(=O)C(=O)NCCNC(C)=O. The molecule has 0 spiro atoms. The predicted molar refractivity (Wildman–Crippen MR) is 77.9 cm³/mol. The van der Waals surface area contributed by atoms with Gasteiger partial charge >= 0.3 is 11.8 Å². The zero-order chi connectivity index (χ0) is 15.7. The van der Waals surface area contributed by atoms with Gasteiger partial charge in [-0.2, -0.15) is 0 Å². The number of anilines is 1. The fraction of sp³-hybridized carbons (Fsp3) is 0.357. The van der Waals surface area contributed by atoms with Crippen LogP contribution in [0, 0.1) is 0 Å². The summed E-state index contributed by atoms with van der Waals surface area (Å²) in [5.74, 6) is -1.25. The number of para-hydroxylation sites is 2. The van der Waals surface area contributed by atoms with E-state index < -0.39 is 11.8 Å². The molecule has 7 heteroatoms. The molecule has 0 fully saturated rings. The first-order chi connectivity index (χ1) is 10.0. The van der Waals surface area contributed by atoms with Crippen molar-refractivity contribution in [2.45, 2.75) is 13.8 Å². The molecule has 0 aliphatic heterocycles. The zero-order valence-electron chi connectivity index (χ0n) is 12.1. The minimum absolute atomic E-state index is 0.180. The average molecular weight is 293 g/mol. The second-order valence-electron chi connectivity index (χ2n) is 4.12. The highest BCUT2D eigenvalue weighted by Gasteiger charge is 2.15. The maximum absolute atomic E-state index is 11.7. The first kappa shape index (κ1) is 16.5. The first-order valence-electron chi connectivity index (χ1n) is 6.60. The topological polar surface area (TPSA) is 96.5 Å². The van der Waals surface area contributed by atoms with Crippen LogP contribution in [0.2, 0.25) is 0 Å². The van der Waals surface area contributed by atoms with E-state index in [0.717, 1.165) is 0 Å². The lowest BCUT2D eigenvalue weighted by Crippen LogP contribution is -2.39. The number of ether oxygens (including phenoxy) is 1. The lowest BCUT2D eigenvalue weighted by molar-refractivity contribution is -0.136. The monoisotopic (exact) mass is 293 g/mol. The molecule has 0 bridgehead atoms. The molecule has 0 unspecified atom stereocenters. The Morgan fingerprint density at radius 2 is 1.71 bits per heavy atom. The summed E-state index contributed by atoms with van der Waals surface area (Å²) in [5.41, 5.74) is 0.432. The number of rotatable bonds is 6. The van der Waals surface area contributed by atoms with Crippen molar-refractivity contribution in [2.24, 2.45) is 0 Å². The van der Waals surface area contributed by atoms with Gasteiger partial charge in [0.1, 0.15) is 5.75 Å². The molecule has 1 rings (SSSR count). The van der Waals surface area contributed by atoms with Crippen LogP contribution in [0.3, 0.4) is 0 Å². The number of hydrogen-bond acceptors (Lipinski definition) is 4. The second kappa shape index (κ2) is 8.57. The molecule has 0 atom stereocenters. The summed E-state index contributed by atoms with van der Waals surface area (Å²) in [6, 6.07) is 6.85. The summed E-state index contributed by atoms with van der Waals surface area (Å²) in [6.07, 6.45) is 0. The third-order valence-corrected chi connectivity index (χ3v) is 2.43. The van der Waals surface area contributed by atoms with E-state index in [-0.39, 0.29) is 19.0 Å². The molecule has 0 saturated carbocycles. The van der Waals surface area contributed by atoms with E-state index in [1.807, 2.05) is 6.92 Å². The Bertz CT molecular complexity index is 517. The molecule has 0 aromatic heterocycles. The van der Waals surface area contributed by atoms with E-state index in [9.17, 15) is 14.4 Å². The van der Waals surface area contributed by atoms with Crippen molar-refractivity contribution in [3.8, 4) is 5.75 Å². The number of benzene rings is 1. The number of amides is 3. The van der Waals surface area contributed by atoms with Crippen molar-refractivity contribution < 1.29 is 19.1 Å². The normalized spacial score (nSPS) is 9.62. The molecular weight excluding hydrogens is 274 g/mol. The molecule has 0 heterocycles. The van der Waals surface area contributed by atoms with Crippen molar-refractivity contribution in [1.82, 2.24) is 10.6 Å². The fourth-order valence-electron chi connectivity index (χ4n) is 1.53. The van der Waals surface area contributed by atoms with E-state index in [1.165, 1.54) is 6.92 Å². The van der Waals surface area contributed by atoms with Gasteiger partial charge in [-0.1, -0.05) is 12.1 Å². The molecule has 0 radical (unpaired) electrons. The van der Waals surface area contributed by atoms with E-state index >= 15 is 0 Å². The van der Waals surface area contributed by atoms with Gasteiger partial charge in [0.05, 0.1) is 12.3 Å². The van der Waals surface area contributed by atoms with Gasteiger partial charge in [-0.25, -0.2) is 0 Å². The van der Waals surface area contributed by atoms with Crippen LogP contribution in [0.5, 0.6) is 5.75 Å². The smallest absolute Gasteiger partial charge is 0.313 e. The number of carbonyl (C=O) groups is 3. The Labute approximate surface area is 123 Å². The van der Waals surface area contributed by atoms with Gasteiger partial charge in [0.2, 0.25) is 5.91 Å². The molecular formula is C14H19N3O4. The zero-order valence-corrected chi connectivity index (χ0v) is 12.1. The minimum atomic E-state index is -0.787. The van der Waals surface area contributed by atoms with E-state index in [2.05, 4.69) is 16.0 Å². The minimum Gasteiger partial charge on any atom is -0.492 e. The Hall–Kier alpha value is -2.57. The maximum atomic E-state index is 11.7. The summed E-state index contributed by atoms with van der Waals surface area (Å²) in [6.45, 7) is 4.10. The highest BCUT2D eigenvalue weighted by molar-refractivity contribution is 6.39. The van der Waals surface area contributed by atoms with Gasteiger partial charge < -0.3 is 20.7 Å². The van der Waals surface area contributed by atoms with E-state index in [1.54, 1.807) is 24.3 Å². The Morgan fingerprint density at radius 1 is 1.05 bits per heavy atom. The van der Waals surface area contributed by atoms with Crippen LogP contribution in [0.25, 0.3) is 0 Å². The van der Waals surface area contributed by atoms with Crippen molar-refractivity contribution in [2.75, 3.05) is 25.0 Å². The highest BCUT2D eigenvalue weighted by Crippen LogP contribution is 2.23. The molecule has 0 aliphatic carbocycles. The van der Waals surface area contributed by atoms with Gasteiger partial charge in [-0.05, 0) is 19.1 Å². The van der Waals surface area contributed by atoms with Crippen molar-refractivity contribution in [1.29, 1.82) is 0 Å². The highest BCUT2D eigenvalue weighted by atomic mass is 16.5. The molecule has 114 valence electrons. The first-order valence-corrected chi connectivity index (χ1v) is 6.60. The molecule has 21 heavy (non-hydrogen) atoms. The number of hydrogen-bond donors (Lipinski definition) is 3. The Morgan fingerprint density at radius 3 is 2.38 bits per heavy atom.